The molecule has 4 nitrogen and oxygen atoms in total. The molecule has 0 fully saturated rings. The molecule has 2 aliphatic heterocycles. The first-order chi connectivity index (χ1) is 40.1. The predicted octanol–water partition coefficient (Wildman–Crippen LogP) is 24.1. The van der Waals surface area contributed by atoms with E-state index in [4.69, 9.17) is 0 Å². The van der Waals surface area contributed by atoms with E-state index in [1.807, 2.05) is 45.3 Å². The van der Waals surface area contributed by atoms with E-state index in [0.29, 0.717) is 47.9 Å². The molecule has 2 amide bonds. The van der Waals surface area contributed by atoms with E-state index >= 15 is 9.59 Å². The van der Waals surface area contributed by atoms with Crippen LogP contribution in [0.2, 0.25) is 0 Å². The van der Waals surface area contributed by atoms with Crippen molar-refractivity contribution in [2.45, 2.75) is 275 Å². The van der Waals surface area contributed by atoms with Gasteiger partial charge in [-0.25, -0.2) is 0 Å². The van der Waals surface area contributed by atoms with E-state index in [0.717, 1.165) is 72.5 Å². The molecule has 8 heteroatoms. The SMILES string of the molecule is CCCCCCCCN1C(=O)C2=C(c3cc4c(CC(CC)CCCC)c(CC(CC)CCCC)c5ccsc5c4s3)N(CCCCCCCC)C(=O)C2=C1c1cc2c(CC(CC)CCCC)c(CC(CC)CCCC)c3ccsc3c2s1. The van der Waals surface area contributed by atoms with E-state index < -0.39 is 0 Å². The van der Waals surface area contributed by atoms with Crippen LogP contribution in [0.3, 0.4) is 0 Å². The molecular weight excluding hydrogens is 1080 g/mol. The van der Waals surface area contributed by atoms with Gasteiger partial charge in [-0.15, -0.1) is 45.3 Å². The molecule has 8 rings (SSSR count). The topological polar surface area (TPSA) is 40.6 Å². The largest absolute Gasteiger partial charge is 0.306 e. The Hall–Kier alpha value is -3.30. The second-order valence-electron chi connectivity index (χ2n) is 25.3. The van der Waals surface area contributed by atoms with Crippen molar-refractivity contribution >= 4 is 109 Å². The summed E-state index contributed by atoms with van der Waals surface area (Å²) in [6.07, 6.45) is 38.0. The molecule has 0 bridgehead atoms. The zero-order chi connectivity index (χ0) is 58.1. The zero-order valence-corrected chi connectivity index (χ0v) is 56.4. The lowest BCUT2D eigenvalue weighted by Gasteiger charge is -2.24. The molecule has 0 radical (unpaired) electrons. The summed E-state index contributed by atoms with van der Waals surface area (Å²) in [5.41, 5.74) is 9.41. The molecule has 82 heavy (non-hydrogen) atoms. The molecule has 2 aromatic carbocycles. The predicted molar refractivity (Wildman–Crippen MR) is 366 cm³/mol. The van der Waals surface area contributed by atoms with Gasteiger partial charge in [-0.05, 0) is 141 Å². The first kappa shape index (κ1) is 64.7. The Morgan fingerprint density at radius 3 is 0.988 bits per heavy atom. The van der Waals surface area contributed by atoms with Crippen LogP contribution in [-0.4, -0.2) is 34.7 Å². The summed E-state index contributed by atoms with van der Waals surface area (Å²) in [5, 5.41) is 10.3. The van der Waals surface area contributed by atoms with E-state index in [1.165, 1.54) is 194 Å². The summed E-state index contributed by atoms with van der Waals surface area (Å²) in [6, 6.07) is 9.87. The fraction of sp³-hybridized carbons (Fsp3) is 0.649. The van der Waals surface area contributed by atoms with Gasteiger partial charge in [0, 0.05) is 13.1 Å². The van der Waals surface area contributed by atoms with Crippen molar-refractivity contribution in [1.82, 2.24) is 9.80 Å². The van der Waals surface area contributed by atoms with Crippen LogP contribution < -0.4 is 0 Å². The van der Waals surface area contributed by atoms with Gasteiger partial charge < -0.3 is 9.80 Å². The van der Waals surface area contributed by atoms with Gasteiger partial charge >= 0.3 is 0 Å². The minimum atomic E-state index is 0.0475. The molecule has 0 N–H and O–H groups in total. The Morgan fingerprint density at radius 2 is 0.671 bits per heavy atom. The van der Waals surface area contributed by atoms with Crippen molar-refractivity contribution in [3.8, 4) is 0 Å². The van der Waals surface area contributed by atoms with Crippen LogP contribution in [0, 0.1) is 23.7 Å². The maximum atomic E-state index is 16.2. The molecule has 0 aliphatic carbocycles. The fourth-order valence-corrected chi connectivity index (χ4v) is 18.9. The zero-order valence-electron chi connectivity index (χ0n) is 53.2. The van der Waals surface area contributed by atoms with Crippen LogP contribution in [0.1, 0.15) is 281 Å². The van der Waals surface area contributed by atoms with Gasteiger partial charge in [0.25, 0.3) is 11.8 Å². The lowest BCUT2D eigenvalue weighted by atomic mass is 9.83. The van der Waals surface area contributed by atoms with Crippen molar-refractivity contribution in [2.75, 3.05) is 13.1 Å². The van der Waals surface area contributed by atoms with Gasteiger partial charge in [0.1, 0.15) is 0 Å². The highest BCUT2D eigenvalue weighted by Gasteiger charge is 2.49. The Balaban J connectivity index is 1.38. The third-order valence-corrected chi connectivity index (χ3v) is 23.9. The third-order valence-electron chi connectivity index (χ3n) is 19.5. The Kier molecular flexibility index (Phi) is 25.6. The standard InChI is InChI=1S/C74H108N2O2S4/c1-11-21-27-29-31-33-41-75-67(63-49-61-59(47-53(19-9)37-25-15-5)57(45-51(17-7)35-23-13-3)55-39-43-79-69(55)71(61)81-63)65-66(73(75)77)68(76(74(65)78)42-34-32-30-28-22-12-2)64-50-62-60(48-54(20-10)38-26-16-6)58(46-52(18-8)36-24-14-4)56-40-44-80-70(56)72(62)82-64/h39-40,43-44,49-54H,11-38,41-42,45-48H2,1-10H3. The molecule has 4 unspecified atom stereocenters. The highest BCUT2D eigenvalue weighted by atomic mass is 32.1. The Bertz CT molecular complexity index is 2860. The van der Waals surface area contributed by atoms with Gasteiger partial charge in [0.05, 0.1) is 51.1 Å². The molecule has 0 saturated carbocycles. The normalized spacial score (nSPS) is 15.6. The molecule has 0 spiro atoms. The number of carbonyl (C=O) groups is 2. The summed E-state index contributed by atoms with van der Waals surface area (Å²) in [6.45, 7) is 24.8. The van der Waals surface area contributed by atoms with E-state index in [2.05, 4.69) is 114 Å². The van der Waals surface area contributed by atoms with Crippen LogP contribution >= 0.6 is 45.3 Å². The van der Waals surface area contributed by atoms with Gasteiger partial charge in [-0.3, -0.25) is 9.59 Å². The van der Waals surface area contributed by atoms with Crippen LogP contribution in [0.15, 0.2) is 46.2 Å². The lowest BCUT2D eigenvalue weighted by Crippen LogP contribution is -2.30. The van der Waals surface area contributed by atoms with Crippen LogP contribution in [0.5, 0.6) is 0 Å². The maximum Gasteiger partial charge on any atom is 0.261 e. The number of unbranched alkanes of at least 4 members (excludes halogenated alkanes) is 14. The summed E-state index contributed by atoms with van der Waals surface area (Å²) in [5.74, 6) is 2.63. The van der Waals surface area contributed by atoms with Crippen molar-refractivity contribution in [3.05, 3.63) is 78.2 Å². The Labute approximate surface area is 514 Å². The summed E-state index contributed by atoms with van der Waals surface area (Å²) < 4.78 is 5.50. The van der Waals surface area contributed by atoms with Gasteiger partial charge in [0.15, 0.2) is 0 Å². The van der Waals surface area contributed by atoms with Crippen molar-refractivity contribution < 1.29 is 9.59 Å². The molecule has 6 aromatic rings. The quantitative estimate of drug-likeness (QED) is 0.0360. The van der Waals surface area contributed by atoms with Gasteiger partial charge in [-0.2, -0.15) is 0 Å². The van der Waals surface area contributed by atoms with Crippen LogP contribution in [0.4, 0.5) is 0 Å². The molecule has 6 heterocycles. The smallest absolute Gasteiger partial charge is 0.261 e. The minimum Gasteiger partial charge on any atom is -0.306 e. The average molecular weight is 1190 g/mol. The highest BCUT2D eigenvalue weighted by Crippen LogP contribution is 2.54. The molecule has 4 atom stereocenters. The summed E-state index contributed by atoms with van der Waals surface area (Å²) in [7, 11) is 0. The molecule has 4 aromatic heterocycles. The first-order valence-electron chi connectivity index (χ1n) is 34.2. The number of hydrogen-bond acceptors (Lipinski definition) is 6. The third kappa shape index (κ3) is 14.7. The van der Waals surface area contributed by atoms with Crippen molar-refractivity contribution in [1.29, 1.82) is 0 Å². The van der Waals surface area contributed by atoms with E-state index in [1.54, 1.807) is 22.3 Å². The first-order valence-corrected chi connectivity index (χ1v) is 37.6. The summed E-state index contributed by atoms with van der Waals surface area (Å²) in [4.78, 5) is 38.8. The van der Waals surface area contributed by atoms with Crippen LogP contribution in [-0.2, 0) is 35.3 Å². The number of amides is 2. The van der Waals surface area contributed by atoms with Gasteiger partial charge in [0.2, 0.25) is 0 Å². The number of benzene rings is 2. The second-order valence-corrected chi connectivity index (χ2v) is 29.3. The fourth-order valence-electron chi connectivity index (χ4n) is 14.2. The van der Waals surface area contributed by atoms with Crippen molar-refractivity contribution in [3.63, 3.8) is 0 Å². The number of nitrogens with zero attached hydrogens (tertiary/aromatic N) is 2. The number of rotatable bonds is 40. The van der Waals surface area contributed by atoms with E-state index in [-0.39, 0.29) is 11.8 Å². The number of carbonyl (C=O) groups excluding carboxylic acids is 2. The monoisotopic (exact) mass is 1180 g/mol. The van der Waals surface area contributed by atoms with E-state index in [9.17, 15) is 0 Å². The second kappa shape index (κ2) is 32.4. The number of fused-ring (bicyclic) bond motifs is 7. The molecule has 450 valence electrons. The molecule has 0 saturated heterocycles. The average Bonchev–Trinajstić information content (AvgIpc) is 2.14. The van der Waals surface area contributed by atoms with Crippen LogP contribution in [0.25, 0.3) is 51.7 Å². The lowest BCUT2D eigenvalue weighted by molar-refractivity contribution is -0.124. The maximum absolute atomic E-state index is 16.2. The van der Waals surface area contributed by atoms with Crippen molar-refractivity contribution in [2.24, 2.45) is 23.7 Å². The summed E-state index contributed by atoms with van der Waals surface area (Å²) >= 11 is 7.56. The molecular formula is C74H108N2O2S4. The minimum absolute atomic E-state index is 0.0475. The Morgan fingerprint density at radius 1 is 0.366 bits per heavy atom. The molecule has 2 aliphatic rings. The number of hydrogen-bond donors (Lipinski definition) is 0. The number of thiophene rings is 4. The highest BCUT2D eigenvalue weighted by molar-refractivity contribution is 7.27. The van der Waals surface area contributed by atoms with Gasteiger partial charge in [-0.1, -0.05) is 236 Å².